The largest absolute Gasteiger partial charge is 0.379 e. The van der Waals surface area contributed by atoms with E-state index in [4.69, 9.17) is 32.9 Å². The molecule has 0 bridgehead atoms. The molecule has 0 radical (unpaired) electrons. The lowest BCUT2D eigenvalue weighted by Crippen LogP contribution is -2.41. The predicted octanol–water partition coefficient (Wildman–Crippen LogP) is 4.27. The van der Waals surface area contributed by atoms with Crippen LogP contribution in [0.15, 0.2) is 48.5 Å². The van der Waals surface area contributed by atoms with Gasteiger partial charge in [-0.05, 0) is 24.3 Å². The number of halogens is 2. The highest BCUT2D eigenvalue weighted by molar-refractivity contribution is 6.42. The molecule has 150 valence electrons. The molecule has 0 aliphatic carbocycles. The minimum absolute atomic E-state index is 0.113. The van der Waals surface area contributed by atoms with Gasteiger partial charge in [0.2, 0.25) is 0 Å². The Morgan fingerprint density at radius 2 is 1.86 bits per heavy atom. The molecule has 1 fully saturated rings. The Labute approximate surface area is 179 Å². The van der Waals surface area contributed by atoms with Crippen molar-refractivity contribution < 1.29 is 9.53 Å². The summed E-state index contributed by atoms with van der Waals surface area (Å²) in [6.45, 7) is 4.67. The zero-order chi connectivity index (χ0) is 20.2. The smallest absolute Gasteiger partial charge is 0.252 e. The van der Waals surface area contributed by atoms with Gasteiger partial charge in [-0.25, -0.2) is 4.98 Å². The van der Waals surface area contributed by atoms with Gasteiger partial charge in [0.25, 0.3) is 5.91 Å². The van der Waals surface area contributed by atoms with Gasteiger partial charge >= 0.3 is 0 Å². The van der Waals surface area contributed by atoms with E-state index < -0.39 is 0 Å². The van der Waals surface area contributed by atoms with Gasteiger partial charge in [-0.2, -0.15) is 0 Å². The molecular formula is C22H21Cl2N3O2. The number of carbonyl (C=O) groups excluding carboxylic acids is 1. The number of morpholine rings is 1. The Balaban J connectivity index is 1.60. The molecule has 29 heavy (non-hydrogen) atoms. The molecule has 2 aromatic carbocycles. The first-order valence-corrected chi connectivity index (χ1v) is 10.3. The maximum atomic E-state index is 13.0. The number of nitrogens with one attached hydrogen (secondary N) is 1. The van der Waals surface area contributed by atoms with Crippen molar-refractivity contribution in [1.82, 2.24) is 15.2 Å². The zero-order valence-corrected chi connectivity index (χ0v) is 17.3. The number of nitrogens with zero attached hydrogens (tertiary/aromatic N) is 2. The second-order valence-electron chi connectivity index (χ2n) is 6.91. The van der Waals surface area contributed by atoms with Crippen LogP contribution in [0, 0.1) is 0 Å². The standard InChI is InChI=1S/C22H21Cl2N3O2/c23-18-6-5-15(13-19(18)24)21-14-17(16-3-1-2-4-20(16)26-21)22(28)25-7-8-27-9-11-29-12-10-27/h1-6,13-14H,7-12H2,(H,25,28). The molecule has 1 saturated heterocycles. The lowest BCUT2D eigenvalue weighted by molar-refractivity contribution is 0.0383. The van der Waals surface area contributed by atoms with Crippen LogP contribution in [0.3, 0.4) is 0 Å². The summed E-state index contributed by atoms with van der Waals surface area (Å²) in [6, 6.07) is 14.8. The van der Waals surface area contributed by atoms with E-state index in [1.165, 1.54) is 0 Å². The molecule has 1 aliphatic rings. The van der Waals surface area contributed by atoms with E-state index in [9.17, 15) is 4.79 Å². The van der Waals surface area contributed by atoms with Crippen molar-refractivity contribution in [3.63, 3.8) is 0 Å². The number of carbonyl (C=O) groups is 1. The van der Waals surface area contributed by atoms with E-state index >= 15 is 0 Å². The van der Waals surface area contributed by atoms with Crippen LogP contribution >= 0.6 is 23.2 Å². The Morgan fingerprint density at radius 3 is 2.66 bits per heavy atom. The summed E-state index contributed by atoms with van der Waals surface area (Å²) in [5.74, 6) is -0.113. The maximum absolute atomic E-state index is 13.0. The van der Waals surface area contributed by atoms with Crippen LogP contribution in [0.2, 0.25) is 10.0 Å². The molecule has 4 rings (SSSR count). The number of amides is 1. The lowest BCUT2D eigenvalue weighted by Gasteiger charge is -2.26. The quantitative estimate of drug-likeness (QED) is 0.657. The molecule has 0 atom stereocenters. The first kappa shape index (κ1) is 20.1. The minimum Gasteiger partial charge on any atom is -0.379 e. The van der Waals surface area contributed by atoms with Crippen LogP contribution in [0.25, 0.3) is 22.2 Å². The van der Waals surface area contributed by atoms with Crippen molar-refractivity contribution in [2.24, 2.45) is 0 Å². The van der Waals surface area contributed by atoms with Crippen LogP contribution in [-0.2, 0) is 4.74 Å². The first-order chi connectivity index (χ1) is 14.1. The summed E-state index contributed by atoms with van der Waals surface area (Å²) in [6.07, 6.45) is 0. The molecule has 7 heteroatoms. The second kappa shape index (κ2) is 9.09. The predicted molar refractivity (Wildman–Crippen MR) is 117 cm³/mol. The fraction of sp³-hybridized carbons (Fsp3) is 0.273. The number of pyridine rings is 1. The molecule has 5 nitrogen and oxygen atoms in total. The Hall–Kier alpha value is -2.18. The molecule has 1 aromatic heterocycles. The van der Waals surface area contributed by atoms with Crippen LogP contribution in [0.5, 0.6) is 0 Å². The number of aromatic nitrogens is 1. The van der Waals surface area contributed by atoms with Crippen LogP contribution in [0.1, 0.15) is 10.4 Å². The van der Waals surface area contributed by atoms with Crippen molar-refractivity contribution in [1.29, 1.82) is 0 Å². The highest BCUT2D eigenvalue weighted by atomic mass is 35.5. The van der Waals surface area contributed by atoms with Gasteiger partial charge in [-0.1, -0.05) is 47.5 Å². The van der Waals surface area contributed by atoms with E-state index in [0.717, 1.165) is 49.3 Å². The van der Waals surface area contributed by atoms with Gasteiger partial charge in [-0.3, -0.25) is 9.69 Å². The molecule has 1 amide bonds. The average Bonchev–Trinajstić information content (AvgIpc) is 2.75. The molecule has 2 heterocycles. The highest BCUT2D eigenvalue weighted by Crippen LogP contribution is 2.30. The number of hydrogen-bond acceptors (Lipinski definition) is 4. The maximum Gasteiger partial charge on any atom is 0.252 e. The zero-order valence-electron chi connectivity index (χ0n) is 15.8. The monoisotopic (exact) mass is 429 g/mol. The van der Waals surface area contributed by atoms with E-state index in [1.54, 1.807) is 12.1 Å². The number of benzene rings is 2. The number of para-hydroxylation sites is 1. The SMILES string of the molecule is O=C(NCCN1CCOCC1)c1cc(-c2ccc(Cl)c(Cl)c2)nc2ccccc12. The summed E-state index contributed by atoms with van der Waals surface area (Å²) in [4.78, 5) is 20.0. The van der Waals surface area contributed by atoms with Gasteiger partial charge in [-0.15, -0.1) is 0 Å². The molecule has 0 spiro atoms. The third-order valence-corrected chi connectivity index (χ3v) is 5.73. The van der Waals surface area contributed by atoms with Crippen LogP contribution in [-0.4, -0.2) is 55.2 Å². The average molecular weight is 430 g/mol. The fourth-order valence-corrected chi connectivity index (χ4v) is 3.71. The molecular weight excluding hydrogens is 409 g/mol. The molecule has 1 N–H and O–H groups in total. The number of fused-ring (bicyclic) bond motifs is 1. The van der Waals surface area contributed by atoms with Crippen molar-refractivity contribution in [3.05, 3.63) is 64.1 Å². The molecule has 0 saturated carbocycles. The summed E-state index contributed by atoms with van der Waals surface area (Å²) < 4.78 is 5.36. The third kappa shape index (κ3) is 4.70. The normalized spacial score (nSPS) is 14.8. The second-order valence-corrected chi connectivity index (χ2v) is 7.73. The number of hydrogen-bond donors (Lipinski definition) is 1. The molecule has 3 aromatic rings. The Kier molecular flexibility index (Phi) is 6.31. The summed E-state index contributed by atoms with van der Waals surface area (Å²) >= 11 is 12.2. The fourth-order valence-electron chi connectivity index (χ4n) is 3.41. The van der Waals surface area contributed by atoms with Gasteiger partial charge in [0.15, 0.2) is 0 Å². The van der Waals surface area contributed by atoms with E-state index in [0.29, 0.717) is 27.8 Å². The summed E-state index contributed by atoms with van der Waals surface area (Å²) in [5.41, 5.74) is 2.85. The van der Waals surface area contributed by atoms with Crippen LogP contribution in [0.4, 0.5) is 0 Å². The summed E-state index contributed by atoms with van der Waals surface area (Å²) in [7, 11) is 0. The Morgan fingerprint density at radius 1 is 1.07 bits per heavy atom. The lowest BCUT2D eigenvalue weighted by atomic mass is 10.0. The Bertz CT molecular complexity index is 1040. The third-order valence-electron chi connectivity index (χ3n) is 4.99. The highest BCUT2D eigenvalue weighted by Gasteiger charge is 2.15. The van der Waals surface area contributed by atoms with Gasteiger partial charge in [0.05, 0.1) is 40.0 Å². The molecule has 1 aliphatic heterocycles. The topological polar surface area (TPSA) is 54.5 Å². The molecule has 0 unspecified atom stereocenters. The number of ether oxygens (including phenoxy) is 1. The first-order valence-electron chi connectivity index (χ1n) is 9.55. The van der Waals surface area contributed by atoms with Gasteiger partial charge in [0, 0.05) is 37.1 Å². The van der Waals surface area contributed by atoms with E-state index in [-0.39, 0.29) is 5.91 Å². The summed E-state index contributed by atoms with van der Waals surface area (Å²) in [5, 5.41) is 4.80. The minimum atomic E-state index is -0.113. The van der Waals surface area contributed by atoms with Crippen molar-refractivity contribution in [2.45, 2.75) is 0 Å². The van der Waals surface area contributed by atoms with Gasteiger partial charge in [0.1, 0.15) is 0 Å². The van der Waals surface area contributed by atoms with Crippen molar-refractivity contribution >= 4 is 40.0 Å². The van der Waals surface area contributed by atoms with Crippen molar-refractivity contribution in [2.75, 3.05) is 39.4 Å². The number of rotatable bonds is 5. The van der Waals surface area contributed by atoms with Crippen LogP contribution < -0.4 is 5.32 Å². The van der Waals surface area contributed by atoms with E-state index in [1.807, 2.05) is 36.4 Å². The van der Waals surface area contributed by atoms with Gasteiger partial charge < -0.3 is 10.1 Å². The van der Waals surface area contributed by atoms with E-state index in [2.05, 4.69) is 10.2 Å². The van der Waals surface area contributed by atoms with Crippen molar-refractivity contribution in [3.8, 4) is 11.3 Å².